The van der Waals surface area contributed by atoms with Crippen LogP contribution in [0.2, 0.25) is 0 Å². The Hall–Kier alpha value is -2.53. The molecule has 140 valence electrons. The lowest BCUT2D eigenvalue weighted by atomic mass is 10.0. The van der Waals surface area contributed by atoms with E-state index in [1.54, 1.807) is 18.2 Å². The highest BCUT2D eigenvalue weighted by Gasteiger charge is 2.07. The molecule has 5 nitrogen and oxygen atoms in total. The van der Waals surface area contributed by atoms with Crippen LogP contribution in [0.25, 0.3) is 0 Å². The molecule has 0 aliphatic rings. The van der Waals surface area contributed by atoms with Crippen LogP contribution >= 0.6 is 0 Å². The molecule has 0 radical (unpaired) electrons. The number of benzene rings is 2. The quantitative estimate of drug-likeness (QED) is 0.603. The van der Waals surface area contributed by atoms with Crippen LogP contribution in [0.1, 0.15) is 28.7 Å². The summed E-state index contributed by atoms with van der Waals surface area (Å²) in [6.45, 7) is 5.55. The topological polar surface area (TPSA) is 84.6 Å². The molecule has 0 unspecified atom stereocenters. The maximum absolute atomic E-state index is 12.1. The Morgan fingerprint density at radius 1 is 1.12 bits per heavy atom. The number of carbonyl (C=O) groups is 1. The molecule has 0 aliphatic heterocycles. The van der Waals surface area contributed by atoms with Gasteiger partial charge in [0.05, 0.1) is 6.42 Å². The van der Waals surface area contributed by atoms with Gasteiger partial charge in [0.2, 0.25) is 5.91 Å². The molecule has 2 aromatic carbocycles. The molecule has 0 spiro atoms. The van der Waals surface area contributed by atoms with Crippen LogP contribution in [0, 0.1) is 13.8 Å². The summed E-state index contributed by atoms with van der Waals surface area (Å²) in [4.78, 5) is 12.1. The zero-order chi connectivity index (χ0) is 18.9. The minimum absolute atomic E-state index is 0.0265. The van der Waals surface area contributed by atoms with Gasteiger partial charge in [0.25, 0.3) is 0 Å². The van der Waals surface area contributed by atoms with Crippen LogP contribution in [0.15, 0.2) is 36.4 Å². The van der Waals surface area contributed by atoms with Crippen molar-refractivity contribution in [3.63, 3.8) is 0 Å². The summed E-state index contributed by atoms with van der Waals surface area (Å²) in [5.41, 5.74) is 9.95. The third-order valence-electron chi connectivity index (χ3n) is 4.01. The van der Waals surface area contributed by atoms with Gasteiger partial charge in [-0.15, -0.1) is 0 Å². The molecule has 0 heterocycles. The maximum atomic E-state index is 12.1. The molecule has 2 rings (SSSR count). The van der Waals surface area contributed by atoms with E-state index in [9.17, 15) is 9.90 Å². The van der Waals surface area contributed by atoms with Crippen LogP contribution in [0.5, 0.6) is 11.5 Å². The van der Waals surface area contributed by atoms with E-state index < -0.39 is 0 Å². The van der Waals surface area contributed by atoms with E-state index in [0.717, 1.165) is 18.4 Å². The predicted octanol–water partition coefficient (Wildman–Crippen LogP) is 2.64. The molecular formula is C21H28N2O3. The van der Waals surface area contributed by atoms with Crippen LogP contribution in [-0.2, 0) is 17.6 Å². The van der Waals surface area contributed by atoms with Gasteiger partial charge < -0.3 is 20.9 Å². The first-order chi connectivity index (χ1) is 12.5. The molecule has 26 heavy (non-hydrogen) atoms. The highest BCUT2D eigenvalue weighted by Crippen LogP contribution is 2.26. The average Bonchev–Trinajstić information content (AvgIpc) is 2.57. The molecule has 0 bridgehead atoms. The standard InChI is InChI=1S/C21H28N2O3/c1-15-10-16(2)12-17(11-15)4-3-8-23-21(25)14-18-5-6-20(19(24)13-18)26-9-7-22/h5-6,10-13,24H,3-4,7-9,14,22H2,1-2H3,(H,23,25). The first-order valence-corrected chi connectivity index (χ1v) is 8.96. The first-order valence-electron chi connectivity index (χ1n) is 8.96. The Balaban J connectivity index is 1.75. The number of rotatable bonds is 9. The van der Waals surface area contributed by atoms with Crippen molar-refractivity contribution >= 4 is 5.91 Å². The molecule has 2 aromatic rings. The molecule has 1 amide bonds. The van der Waals surface area contributed by atoms with Gasteiger partial charge in [-0.25, -0.2) is 0 Å². The van der Waals surface area contributed by atoms with Crippen molar-refractivity contribution in [1.29, 1.82) is 0 Å². The van der Waals surface area contributed by atoms with Crippen molar-refractivity contribution in [3.8, 4) is 11.5 Å². The zero-order valence-corrected chi connectivity index (χ0v) is 15.5. The van der Waals surface area contributed by atoms with Gasteiger partial charge in [-0.05, 0) is 49.9 Å². The molecule has 4 N–H and O–H groups in total. The highest BCUT2D eigenvalue weighted by molar-refractivity contribution is 5.78. The fourth-order valence-electron chi connectivity index (χ4n) is 2.95. The number of nitrogens with two attached hydrogens (primary N) is 1. The van der Waals surface area contributed by atoms with Crippen molar-refractivity contribution in [3.05, 3.63) is 58.7 Å². The number of phenols is 1. The number of hydrogen-bond acceptors (Lipinski definition) is 4. The minimum Gasteiger partial charge on any atom is -0.504 e. The lowest BCUT2D eigenvalue weighted by molar-refractivity contribution is -0.120. The smallest absolute Gasteiger partial charge is 0.224 e. The summed E-state index contributed by atoms with van der Waals surface area (Å²) in [6, 6.07) is 11.5. The minimum atomic E-state index is -0.0551. The van der Waals surface area contributed by atoms with Gasteiger partial charge in [0, 0.05) is 13.1 Å². The Bertz CT molecular complexity index is 724. The largest absolute Gasteiger partial charge is 0.504 e. The van der Waals surface area contributed by atoms with E-state index in [1.807, 2.05) is 0 Å². The number of carbonyl (C=O) groups excluding carboxylic acids is 1. The number of phenolic OH excluding ortho intramolecular Hbond substituents is 1. The fraction of sp³-hybridized carbons (Fsp3) is 0.381. The Labute approximate surface area is 155 Å². The summed E-state index contributed by atoms with van der Waals surface area (Å²) in [5.74, 6) is 0.354. The summed E-state index contributed by atoms with van der Waals surface area (Å²) in [6.07, 6.45) is 2.07. The van der Waals surface area contributed by atoms with Gasteiger partial charge in [-0.2, -0.15) is 0 Å². The van der Waals surface area contributed by atoms with E-state index in [2.05, 4.69) is 37.4 Å². The van der Waals surface area contributed by atoms with Gasteiger partial charge in [0.15, 0.2) is 11.5 Å². The SMILES string of the molecule is Cc1cc(C)cc(CCCNC(=O)Cc2ccc(OCCN)c(O)c2)c1. The molecule has 0 aliphatic carbocycles. The number of ether oxygens (including phenoxy) is 1. The van der Waals surface area contributed by atoms with Crippen LogP contribution < -0.4 is 15.8 Å². The second-order valence-corrected chi connectivity index (χ2v) is 6.57. The van der Waals surface area contributed by atoms with Crippen LogP contribution in [-0.4, -0.2) is 30.7 Å². The highest BCUT2D eigenvalue weighted by atomic mass is 16.5. The number of aryl methyl sites for hydroxylation is 3. The third-order valence-corrected chi connectivity index (χ3v) is 4.01. The van der Waals surface area contributed by atoms with E-state index in [-0.39, 0.29) is 18.1 Å². The molecule has 0 saturated carbocycles. The molecule has 0 fully saturated rings. The van der Waals surface area contributed by atoms with Crippen molar-refractivity contribution < 1.29 is 14.6 Å². The lowest BCUT2D eigenvalue weighted by Gasteiger charge is -2.09. The zero-order valence-electron chi connectivity index (χ0n) is 15.5. The third kappa shape index (κ3) is 6.41. The fourth-order valence-corrected chi connectivity index (χ4v) is 2.95. The van der Waals surface area contributed by atoms with Gasteiger partial charge >= 0.3 is 0 Å². The number of hydrogen-bond donors (Lipinski definition) is 3. The summed E-state index contributed by atoms with van der Waals surface area (Å²) in [7, 11) is 0. The normalized spacial score (nSPS) is 10.6. The monoisotopic (exact) mass is 356 g/mol. The molecular weight excluding hydrogens is 328 g/mol. The van der Waals surface area contributed by atoms with Crippen LogP contribution in [0.3, 0.4) is 0 Å². The van der Waals surface area contributed by atoms with E-state index >= 15 is 0 Å². The second-order valence-electron chi connectivity index (χ2n) is 6.57. The summed E-state index contributed by atoms with van der Waals surface area (Å²) in [5, 5.41) is 12.8. The first kappa shape index (κ1) is 19.8. The summed E-state index contributed by atoms with van der Waals surface area (Å²) < 4.78 is 5.31. The summed E-state index contributed by atoms with van der Waals surface area (Å²) >= 11 is 0. The predicted molar refractivity (Wildman–Crippen MR) is 104 cm³/mol. The van der Waals surface area contributed by atoms with Crippen molar-refractivity contribution in [2.24, 2.45) is 5.73 Å². The van der Waals surface area contributed by atoms with E-state index in [1.165, 1.54) is 16.7 Å². The average molecular weight is 356 g/mol. The second kappa shape index (κ2) is 9.82. The number of aromatic hydroxyl groups is 1. The van der Waals surface area contributed by atoms with Gasteiger partial charge in [-0.3, -0.25) is 4.79 Å². The molecule has 5 heteroatoms. The van der Waals surface area contributed by atoms with Crippen molar-refractivity contribution in [2.75, 3.05) is 19.7 Å². The van der Waals surface area contributed by atoms with Crippen LogP contribution in [0.4, 0.5) is 0 Å². The maximum Gasteiger partial charge on any atom is 0.224 e. The number of amides is 1. The Kier molecular flexibility index (Phi) is 7.48. The molecule has 0 saturated heterocycles. The van der Waals surface area contributed by atoms with E-state index in [4.69, 9.17) is 10.5 Å². The van der Waals surface area contributed by atoms with E-state index in [0.29, 0.717) is 25.4 Å². The van der Waals surface area contributed by atoms with Crippen molar-refractivity contribution in [1.82, 2.24) is 5.32 Å². The lowest BCUT2D eigenvalue weighted by Crippen LogP contribution is -2.26. The number of nitrogens with one attached hydrogen (secondary N) is 1. The van der Waals surface area contributed by atoms with Gasteiger partial charge in [0.1, 0.15) is 6.61 Å². The van der Waals surface area contributed by atoms with Crippen molar-refractivity contribution in [2.45, 2.75) is 33.1 Å². The Morgan fingerprint density at radius 3 is 2.50 bits per heavy atom. The molecule has 0 aromatic heterocycles. The molecule has 0 atom stereocenters. The Morgan fingerprint density at radius 2 is 1.85 bits per heavy atom. The van der Waals surface area contributed by atoms with Gasteiger partial charge in [-0.1, -0.05) is 35.4 Å².